The van der Waals surface area contributed by atoms with Gasteiger partial charge in [0.1, 0.15) is 17.4 Å². The molecule has 1 aromatic carbocycles. The van der Waals surface area contributed by atoms with E-state index in [2.05, 4.69) is 10.4 Å². The molecular weight excluding hydrogens is 348 g/mol. The topological polar surface area (TPSA) is 90.0 Å². The molecule has 2 heterocycles. The maximum absolute atomic E-state index is 12.4. The second-order valence-electron chi connectivity index (χ2n) is 5.91. The van der Waals surface area contributed by atoms with Crippen LogP contribution in [0.3, 0.4) is 0 Å². The third kappa shape index (κ3) is 4.00. The Hall–Kier alpha value is -2.93. The molecule has 26 heavy (non-hydrogen) atoms. The van der Waals surface area contributed by atoms with Gasteiger partial charge in [-0.15, -0.1) is 11.3 Å². The number of nitrogens with zero attached hydrogens (tertiary/aromatic N) is 2. The first-order valence-electron chi connectivity index (χ1n) is 8.31. The fourth-order valence-electron chi connectivity index (χ4n) is 2.57. The molecule has 0 saturated heterocycles. The number of nitrogens with one attached hydrogen (secondary N) is 1. The van der Waals surface area contributed by atoms with Crippen molar-refractivity contribution in [1.82, 2.24) is 15.1 Å². The van der Waals surface area contributed by atoms with Gasteiger partial charge >= 0.3 is 0 Å². The Morgan fingerprint density at radius 1 is 1.27 bits per heavy atom. The number of benzene rings is 1. The highest BCUT2D eigenvalue weighted by Crippen LogP contribution is 2.23. The molecular formula is C19H20N4O2S. The van der Waals surface area contributed by atoms with Crippen molar-refractivity contribution in [3.63, 3.8) is 0 Å². The highest BCUT2D eigenvalue weighted by Gasteiger charge is 2.19. The standard InChI is InChI=1S/C19H20N4O2S/c1-13(18(24)21-10-9-14-6-3-2-4-7-14)23-19(25)15(20)12-16(22-23)17-8-5-11-26-17/h2-8,11-13H,9-10,20H2,1H3,(H,21,24). The predicted molar refractivity (Wildman–Crippen MR) is 104 cm³/mol. The molecule has 2 aromatic heterocycles. The van der Waals surface area contributed by atoms with Crippen LogP contribution < -0.4 is 16.6 Å². The molecule has 3 rings (SSSR count). The molecule has 1 atom stereocenters. The van der Waals surface area contributed by atoms with Gasteiger partial charge < -0.3 is 11.1 Å². The lowest BCUT2D eigenvalue weighted by Gasteiger charge is -2.15. The van der Waals surface area contributed by atoms with Gasteiger partial charge in [-0.3, -0.25) is 9.59 Å². The number of amides is 1. The molecule has 3 aromatic rings. The third-order valence-corrected chi connectivity index (χ3v) is 4.93. The Kier molecular flexibility index (Phi) is 5.48. The zero-order chi connectivity index (χ0) is 18.5. The molecule has 0 saturated carbocycles. The lowest BCUT2D eigenvalue weighted by atomic mass is 10.1. The molecule has 0 radical (unpaired) electrons. The molecule has 0 aliphatic heterocycles. The number of carbonyl (C=O) groups is 1. The summed E-state index contributed by atoms with van der Waals surface area (Å²) in [5.41, 5.74) is 7.18. The number of thiophene rings is 1. The summed E-state index contributed by atoms with van der Waals surface area (Å²) >= 11 is 1.50. The first kappa shape index (κ1) is 17.9. The van der Waals surface area contributed by atoms with E-state index < -0.39 is 11.6 Å². The van der Waals surface area contributed by atoms with Gasteiger partial charge in [-0.1, -0.05) is 36.4 Å². The largest absolute Gasteiger partial charge is 0.394 e. The summed E-state index contributed by atoms with van der Waals surface area (Å²) in [5, 5.41) is 9.11. The van der Waals surface area contributed by atoms with E-state index in [9.17, 15) is 9.59 Å². The first-order valence-corrected chi connectivity index (χ1v) is 9.19. The van der Waals surface area contributed by atoms with Crippen LogP contribution in [0, 0.1) is 0 Å². The summed E-state index contributed by atoms with van der Waals surface area (Å²) in [4.78, 5) is 25.7. The molecule has 0 aliphatic rings. The summed E-state index contributed by atoms with van der Waals surface area (Å²) in [5.74, 6) is -0.265. The Morgan fingerprint density at radius 2 is 2.04 bits per heavy atom. The molecule has 3 N–H and O–H groups in total. The van der Waals surface area contributed by atoms with Gasteiger partial charge in [-0.2, -0.15) is 5.10 Å². The van der Waals surface area contributed by atoms with E-state index in [1.165, 1.54) is 11.3 Å². The fraction of sp³-hybridized carbons (Fsp3) is 0.211. The van der Waals surface area contributed by atoms with Gasteiger partial charge in [0.25, 0.3) is 5.56 Å². The van der Waals surface area contributed by atoms with Crippen LogP contribution in [-0.2, 0) is 11.2 Å². The summed E-state index contributed by atoms with van der Waals surface area (Å²) in [6, 6.07) is 14.5. The second kappa shape index (κ2) is 7.97. The van der Waals surface area contributed by atoms with Crippen molar-refractivity contribution in [3.05, 3.63) is 69.8 Å². The van der Waals surface area contributed by atoms with Gasteiger partial charge in [0.05, 0.1) is 4.88 Å². The summed E-state index contributed by atoms with van der Waals surface area (Å²) in [6.45, 7) is 2.13. The summed E-state index contributed by atoms with van der Waals surface area (Å²) in [6.07, 6.45) is 0.721. The number of carbonyl (C=O) groups excluding carboxylic acids is 1. The van der Waals surface area contributed by atoms with E-state index in [1.807, 2.05) is 47.8 Å². The van der Waals surface area contributed by atoms with Crippen LogP contribution in [0.4, 0.5) is 5.69 Å². The summed E-state index contributed by atoms with van der Waals surface area (Å²) < 4.78 is 1.15. The average molecular weight is 368 g/mol. The number of hydrogen-bond acceptors (Lipinski definition) is 5. The smallest absolute Gasteiger partial charge is 0.290 e. The summed E-state index contributed by atoms with van der Waals surface area (Å²) in [7, 11) is 0. The number of anilines is 1. The van der Waals surface area contributed by atoms with Crippen LogP contribution in [0.5, 0.6) is 0 Å². The number of nitrogen functional groups attached to an aromatic ring is 1. The minimum Gasteiger partial charge on any atom is -0.394 e. The molecule has 134 valence electrons. The van der Waals surface area contributed by atoms with E-state index in [4.69, 9.17) is 5.73 Å². The third-order valence-electron chi connectivity index (χ3n) is 4.04. The fourth-order valence-corrected chi connectivity index (χ4v) is 3.25. The maximum atomic E-state index is 12.4. The van der Waals surface area contributed by atoms with Gasteiger partial charge in [0.2, 0.25) is 5.91 Å². The highest BCUT2D eigenvalue weighted by atomic mass is 32.1. The van der Waals surface area contributed by atoms with Gasteiger partial charge in [0.15, 0.2) is 0 Å². The van der Waals surface area contributed by atoms with Crippen LogP contribution in [0.25, 0.3) is 10.6 Å². The van der Waals surface area contributed by atoms with Crippen molar-refractivity contribution in [2.45, 2.75) is 19.4 Å². The van der Waals surface area contributed by atoms with Crippen LogP contribution in [0.1, 0.15) is 18.5 Å². The van der Waals surface area contributed by atoms with Crippen LogP contribution in [0.15, 0.2) is 58.7 Å². The molecule has 1 amide bonds. The minimum absolute atomic E-state index is 0.0762. The predicted octanol–water partition coefficient (Wildman–Crippen LogP) is 2.47. The van der Waals surface area contributed by atoms with Crippen LogP contribution in [0.2, 0.25) is 0 Å². The number of aromatic nitrogens is 2. The number of nitrogens with two attached hydrogens (primary N) is 1. The van der Waals surface area contributed by atoms with E-state index in [0.29, 0.717) is 12.2 Å². The Balaban J connectivity index is 1.73. The van der Waals surface area contributed by atoms with Crippen molar-refractivity contribution in [2.75, 3.05) is 12.3 Å². The van der Waals surface area contributed by atoms with Crippen molar-refractivity contribution < 1.29 is 4.79 Å². The van der Waals surface area contributed by atoms with E-state index in [-0.39, 0.29) is 11.6 Å². The minimum atomic E-state index is -0.750. The molecule has 0 bridgehead atoms. The second-order valence-corrected chi connectivity index (χ2v) is 6.86. The Bertz CT molecular complexity index is 936. The van der Waals surface area contributed by atoms with E-state index in [0.717, 1.165) is 21.5 Å². The average Bonchev–Trinajstić information content (AvgIpc) is 3.19. The molecule has 0 fully saturated rings. The van der Waals surface area contributed by atoms with Gasteiger partial charge in [-0.25, -0.2) is 4.68 Å². The Morgan fingerprint density at radius 3 is 2.73 bits per heavy atom. The van der Waals surface area contributed by atoms with Crippen molar-refractivity contribution in [3.8, 4) is 10.6 Å². The zero-order valence-corrected chi connectivity index (χ0v) is 15.2. The van der Waals surface area contributed by atoms with E-state index in [1.54, 1.807) is 13.0 Å². The highest BCUT2D eigenvalue weighted by molar-refractivity contribution is 7.13. The molecule has 1 unspecified atom stereocenters. The van der Waals surface area contributed by atoms with Gasteiger partial charge in [-0.05, 0) is 36.4 Å². The van der Waals surface area contributed by atoms with E-state index >= 15 is 0 Å². The first-order chi connectivity index (χ1) is 12.6. The molecule has 0 aliphatic carbocycles. The maximum Gasteiger partial charge on any atom is 0.290 e. The Labute approximate surface area is 155 Å². The van der Waals surface area contributed by atoms with Crippen molar-refractivity contribution in [2.24, 2.45) is 0 Å². The van der Waals surface area contributed by atoms with Crippen LogP contribution in [-0.4, -0.2) is 22.2 Å². The molecule has 0 spiro atoms. The lowest BCUT2D eigenvalue weighted by molar-refractivity contribution is -0.124. The van der Waals surface area contributed by atoms with Gasteiger partial charge in [0, 0.05) is 6.54 Å². The normalized spacial score (nSPS) is 11.9. The zero-order valence-electron chi connectivity index (χ0n) is 14.4. The number of hydrogen-bond donors (Lipinski definition) is 2. The monoisotopic (exact) mass is 368 g/mol. The van der Waals surface area contributed by atoms with Crippen molar-refractivity contribution >= 4 is 22.9 Å². The van der Waals surface area contributed by atoms with Crippen LogP contribution >= 0.6 is 11.3 Å². The number of rotatable bonds is 6. The quantitative estimate of drug-likeness (QED) is 0.699. The molecule has 7 heteroatoms. The molecule has 6 nitrogen and oxygen atoms in total. The van der Waals surface area contributed by atoms with Crippen molar-refractivity contribution in [1.29, 1.82) is 0 Å². The SMILES string of the molecule is CC(C(=O)NCCc1ccccc1)n1nc(-c2cccs2)cc(N)c1=O. The lowest BCUT2D eigenvalue weighted by Crippen LogP contribution is -2.38.